The van der Waals surface area contributed by atoms with E-state index in [1.807, 2.05) is 0 Å². The van der Waals surface area contributed by atoms with Crippen molar-refractivity contribution in [2.24, 2.45) is 5.73 Å². The molecule has 0 aromatic heterocycles. The summed E-state index contributed by atoms with van der Waals surface area (Å²) < 4.78 is 65.0. The molecule has 3 aliphatic heterocycles. The lowest BCUT2D eigenvalue weighted by Crippen LogP contribution is -2.68. The largest absolute Gasteiger partial charge is 0.465 e. The topological polar surface area (TPSA) is 357 Å². The molecule has 16 unspecified atom stereocenters. The van der Waals surface area contributed by atoms with Crippen LogP contribution in [-0.2, 0) is 90.4 Å². The van der Waals surface area contributed by atoms with Gasteiger partial charge in [0.05, 0.1) is 32.5 Å². The minimum atomic E-state index is -2.69. The Labute approximate surface area is 336 Å². The quantitative estimate of drug-likeness (QED) is 0.0626. The molecule has 59 heavy (non-hydrogen) atoms. The van der Waals surface area contributed by atoms with Crippen molar-refractivity contribution < 1.29 is 116 Å². The highest BCUT2D eigenvalue weighted by atomic mass is 16.8. The van der Waals surface area contributed by atoms with E-state index in [2.05, 4.69) is 0 Å². The normalized spacial score (nSPS) is 35.5. The molecule has 0 aliphatic carbocycles. The Morgan fingerprint density at radius 2 is 1.25 bits per heavy atom. The first kappa shape index (κ1) is 49.2. The van der Waals surface area contributed by atoms with Gasteiger partial charge in [0.15, 0.2) is 30.7 Å². The van der Waals surface area contributed by atoms with Crippen LogP contribution in [0.1, 0.15) is 48.0 Å². The Balaban J connectivity index is 2.02. The molecular formula is C34H51NO24. The van der Waals surface area contributed by atoms with Crippen LogP contribution in [0.3, 0.4) is 0 Å². The van der Waals surface area contributed by atoms with Crippen molar-refractivity contribution in [1.29, 1.82) is 0 Å². The molecule has 25 heteroatoms. The molecule has 3 aliphatic rings. The maximum absolute atomic E-state index is 13.4. The molecule has 25 nitrogen and oxygen atoms in total. The van der Waals surface area contributed by atoms with Crippen LogP contribution in [0, 0.1) is 0 Å². The molecule has 0 radical (unpaired) electrons. The van der Waals surface area contributed by atoms with Gasteiger partial charge in [-0.2, -0.15) is 0 Å². The van der Waals surface area contributed by atoms with Crippen LogP contribution in [0.2, 0.25) is 0 Å². The van der Waals surface area contributed by atoms with E-state index in [1.54, 1.807) is 0 Å². The number of ether oxygens (including phenoxy) is 12. The second-order valence-electron chi connectivity index (χ2n) is 13.6. The fraction of sp³-hybridized carbons (Fsp3) is 0.794. The number of carbonyl (C=O) groups is 7. The number of methoxy groups -OCH3 is 1. The Bertz CT molecular complexity index is 1510. The van der Waals surface area contributed by atoms with Crippen LogP contribution < -0.4 is 5.73 Å². The van der Waals surface area contributed by atoms with Gasteiger partial charge in [-0.05, 0) is 0 Å². The minimum absolute atomic E-state index is 0.683. The number of hydrogen-bond donors (Lipinski definition) is 6. The number of aliphatic hydroxyl groups excluding tert-OH is 5. The van der Waals surface area contributed by atoms with Gasteiger partial charge in [-0.1, -0.05) is 0 Å². The van der Waals surface area contributed by atoms with E-state index >= 15 is 0 Å². The van der Waals surface area contributed by atoms with E-state index in [-0.39, 0.29) is 0 Å². The van der Waals surface area contributed by atoms with E-state index in [1.165, 1.54) is 0 Å². The first-order valence-electron chi connectivity index (χ1n) is 18.0. The van der Waals surface area contributed by atoms with Crippen LogP contribution in [0.5, 0.6) is 0 Å². The summed E-state index contributed by atoms with van der Waals surface area (Å²) in [5, 5.41) is 55.0. The molecule has 3 fully saturated rings. The standard InChI is InChI=1S/C34H51NO24/c1-12(37)49-10-21-26(25(46)30(54-16(5)41)31(57-21)55-17(6)42)58-32-29(53-15(4)40)24(45)23(44)20(56-32)11-50-34(33(47)48-7)8-18(43)22(35)28(59-34)27(52-14(3)39)19(9-36)51-13(2)38/h18-32,36,43-46H,8-11,35H2,1-7H3. The first-order valence-corrected chi connectivity index (χ1v) is 18.0. The number of rotatable bonds is 16. The van der Waals surface area contributed by atoms with Crippen molar-refractivity contribution >= 4 is 41.8 Å². The van der Waals surface area contributed by atoms with Crippen molar-refractivity contribution in [3.05, 3.63) is 0 Å². The second kappa shape index (κ2) is 21.4. The Hall–Kier alpha value is -4.15. The van der Waals surface area contributed by atoms with Crippen molar-refractivity contribution in [3.63, 3.8) is 0 Å². The maximum Gasteiger partial charge on any atom is 0.366 e. The molecule has 0 aromatic rings. The van der Waals surface area contributed by atoms with Gasteiger partial charge >= 0.3 is 41.8 Å². The summed E-state index contributed by atoms with van der Waals surface area (Å²) in [6.45, 7) is 3.28. The highest BCUT2D eigenvalue weighted by Crippen LogP contribution is 2.37. The van der Waals surface area contributed by atoms with E-state index < -0.39 is 166 Å². The smallest absolute Gasteiger partial charge is 0.366 e. The van der Waals surface area contributed by atoms with Crippen molar-refractivity contribution in [1.82, 2.24) is 0 Å². The number of carbonyl (C=O) groups excluding carboxylic acids is 7. The third-order valence-corrected chi connectivity index (χ3v) is 8.98. The van der Waals surface area contributed by atoms with Gasteiger partial charge in [0.25, 0.3) is 5.79 Å². The summed E-state index contributed by atoms with van der Waals surface area (Å²) in [7, 11) is 0.911. The van der Waals surface area contributed by atoms with Gasteiger partial charge in [0.2, 0.25) is 6.29 Å². The highest BCUT2D eigenvalue weighted by Gasteiger charge is 2.59. The molecule has 0 amide bonds. The fourth-order valence-corrected chi connectivity index (χ4v) is 6.48. The SMILES string of the molecule is COC(=O)C1(OCC2OC(OC3C(COC(C)=O)OC(OC(C)=O)C(OC(C)=O)C3O)C(OC(C)=O)C(O)C2O)CC(O)C(N)C(C(OC(C)=O)C(CO)OC(C)=O)O1. The number of hydrogen-bond acceptors (Lipinski definition) is 25. The van der Waals surface area contributed by atoms with Gasteiger partial charge in [0, 0.05) is 48.0 Å². The lowest BCUT2D eigenvalue weighted by Gasteiger charge is -2.48. The third-order valence-electron chi connectivity index (χ3n) is 8.98. The van der Waals surface area contributed by atoms with Gasteiger partial charge in [-0.15, -0.1) is 0 Å². The molecular weight excluding hydrogens is 806 g/mol. The Morgan fingerprint density at radius 1 is 0.695 bits per heavy atom. The molecule has 7 N–H and O–H groups in total. The number of nitrogens with two attached hydrogens (primary N) is 1. The van der Waals surface area contributed by atoms with E-state index in [4.69, 9.17) is 62.6 Å². The number of esters is 7. The average molecular weight is 858 g/mol. The molecule has 0 bridgehead atoms. The van der Waals surface area contributed by atoms with Gasteiger partial charge in [-0.3, -0.25) is 28.8 Å². The average Bonchev–Trinajstić information content (AvgIpc) is 3.14. The fourth-order valence-electron chi connectivity index (χ4n) is 6.48. The maximum atomic E-state index is 13.4. The summed E-state index contributed by atoms with van der Waals surface area (Å²) in [6.07, 6.45) is -26.4. The molecule has 0 spiro atoms. The summed E-state index contributed by atoms with van der Waals surface area (Å²) in [4.78, 5) is 85.1. The van der Waals surface area contributed by atoms with Crippen LogP contribution in [0.25, 0.3) is 0 Å². The van der Waals surface area contributed by atoms with Crippen molar-refractivity contribution in [2.45, 2.75) is 146 Å². The molecule has 336 valence electrons. The second-order valence-corrected chi connectivity index (χ2v) is 13.6. The third kappa shape index (κ3) is 12.7. The summed E-state index contributed by atoms with van der Waals surface area (Å²) in [6, 6.07) is -1.49. The van der Waals surface area contributed by atoms with Crippen LogP contribution in [-0.4, -0.2) is 192 Å². The monoisotopic (exact) mass is 857 g/mol. The zero-order chi connectivity index (χ0) is 44.5. The Kier molecular flexibility index (Phi) is 17.8. The zero-order valence-electron chi connectivity index (χ0n) is 33.1. The molecule has 3 heterocycles. The van der Waals surface area contributed by atoms with Gasteiger partial charge in [0.1, 0.15) is 49.3 Å². The predicted molar refractivity (Wildman–Crippen MR) is 182 cm³/mol. The van der Waals surface area contributed by atoms with Crippen molar-refractivity contribution in [3.8, 4) is 0 Å². The molecule has 0 aromatic carbocycles. The molecule has 0 saturated carbocycles. The summed E-state index contributed by atoms with van der Waals surface area (Å²) >= 11 is 0. The lowest BCUT2D eigenvalue weighted by atomic mass is 9.89. The summed E-state index contributed by atoms with van der Waals surface area (Å²) in [5.74, 6) is -9.67. The molecule has 3 saturated heterocycles. The van der Waals surface area contributed by atoms with E-state index in [0.29, 0.717) is 0 Å². The summed E-state index contributed by atoms with van der Waals surface area (Å²) in [5.41, 5.74) is 6.19. The van der Waals surface area contributed by atoms with Gasteiger partial charge in [-0.25, -0.2) is 4.79 Å². The zero-order valence-corrected chi connectivity index (χ0v) is 33.1. The van der Waals surface area contributed by atoms with Crippen LogP contribution in [0.4, 0.5) is 0 Å². The predicted octanol–water partition coefficient (Wildman–Crippen LogP) is -4.89. The van der Waals surface area contributed by atoms with Crippen LogP contribution >= 0.6 is 0 Å². The minimum Gasteiger partial charge on any atom is -0.465 e. The van der Waals surface area contributed by atoms with E-state index in [0.717, 1.165) is 48.7 Å². The lowest BCUT2D eigenvalue weighted by molar-refractivity contribution is -0.365. The number of aliphatic hydroxyl groups is 5. The van der Waals surface area contributed by atoms with Crippen molar-refractivity contribution in [2.75, 3.05) is 26.9 Å². The highest BCUT2D eigenvalue weighted by molar-refractivity contribution is 5.78. The van der Waals surface area contributed by atoms with E-state index in [9.17, 15) is 59.1 Å². The molecule has 16 atom stereocenters. The van der Waals surface area contributed by atoms with Gasteiger partial charge < -0.3 is 88.1 Å². The molecule has 3 rings (SSSR count). The first-order chi connectivity index (χ1) is 27.5. The van der Waals surface area contributed by atoms with Crippen LogP contribution in [0.15, 0.2) is 0 Å². The Morgan fingerprint density at radius 3 is 1.76 bits per heavy atom.